The normalized spacial score (nSPS) is 13.9. The van der Waals surface area contributed by atoms with E-state index in [0.29, 0.717) is 40.2 Å². The Bertz CT molecular complexity index is 972. The summed E-state index contributed by atoms with van der Waals surface area (Å²) in [5, 5.41) is 13.5. The summed E-state index contributed by atoms with van der Waals surface area (Å²) in [5.41, 5.74) is 0.804. The first kappa shape index (κ1) is 15.5. The van der Waals surface area contributed by atoms with Gasteiger partial charge in [-0.2, -0.15) is 14.6 Å². The molecule has 3 N–H and O–H groups in total. The molecule has 0 spiro atoms. The van der Waals surface area contributed by atoms with Crippen LogP contribution in [0.1, 0.15) is 10.4 Å². The lowest BCUT2D eigenvalue weighted by molar-refractivity contribution is 0.0948. The summed E-state index contributed by atoms with van der Waals surface area (Å²) in [7, 11) is 1.76. The third-order valence-electron chi connectivity index (χ3n) is 3.67. The largest absolute Gasteiger partial charge is 0.475 e. The van der Waals surface area contributed by atoms with Gasteiger partial charge in [-0.3, -0.25) is 4.79 Å². The Balaban J connectivity index is 1.88. The van der Waals surface area contributed by atoms with E-state index in [9.17, 15) is 4.79 Å². The number of amides is 1. The highest BCUT2D eigenvalue weighted by molar-refractivity contribution is 6.31. The van der Waals surface area contributed by atoms with Crippen LogP contribution in [0.15, 0.2) is 24.4 Å². The van der Waals surface area contributed by atoms with Gasteiger partial charge in [-0.1, -0.05) is 11.6 Å². The van der Waals surface area contributed by atoms with Crippen LogP contribution in [0.25, 0.3) is 5.65 Å². The standard InChI is InChI=1S/C15H14ClN7O2/c1-17-12-6-11-20-10-3-2-9(16)15(22-10)25-5-4-18-14(24)8-7-19-23(12)13(8)21-11/h2-3,6-7,17H,4-5H2,1H3,(H,18,24)(H,20,21,22). The van der Waals surface area contributed by atoms with Gasteiger partial charge in [0.15, 0.2) is 5.65 Å². The summed E-state index contributed by atoms with van der Waals surface area (Å²) in [6, 6.07) is 5.17. The fraction of sp³-hybridized carbons (Fsp3) is 0.200. The zero-order chi connectivity index (χ0) is 17.4. The van der Waals surface area contributed by atoms with Crippen molar-refractivity contribution in [2.45, 2.75) is 0 Å². The van der Waals surface area contributed by atoms with E-state index in [-0.39, 0.29) is 18.4 Å². The number of carbonyl (C=O) groups excluding carboxylic acids is 1. The van der Waals surface area contributed by atoms with E-state index in [1.807, 2.05) is 0 Å². The number of anilines is 3. The molecule has 0 unspecified atom stereocenters. The molecule has 9 nitrogen and oxygen atoms in total. The molecule has 1 aliphatic heterocycles. The average Bonchev–Trinajstić information content (AvgIpc) is 3.03. The predicted molar refractivity (Wildman–Crippen MR) is 92.9 cm³/mol. The second kappa shape index (κ2) is 6.10. The molecule has 1 aliphatic rings. The highest BCUT2D eigenvalue weighted by Crippen LogP contribution is 2.26. The highest BCUT2D eigenvalue weighted by atomic mass is 35.5. The van der Waals surface area contributed by atoms with Gasteiger partial charge in [0.05, 0.1) is 12.7 Å². The zero-order valence-electron chi connectivity index (χ0n) is 13.2. The van der Waals surface area contributed by atoms with Gasteiger partial charge in [-0.05, 0) is 12.1 Å². The maximum absolute atomic E-state index is 12.4. The van der Waals surface area contributed by atoms with E-state index in [1.165, 1.54) is 6.20 Å². The fourth-order valence-electron chi connectivity index (χ4n) is 2.50. The lowest BCUT2D eigenvalue weighted by atomic mass is 10.3. The second-order valence-electron chi connectivity index (χ2n) is 5.28. The molecule has 0 aromatic carbocycles. The van der Waals surface area contributed by atoms with Crippen LogP contribution in [0.2, 0.25) is 5.02 Å². The summed E-state index contributed by atoms with van der Waals surface area (Å²) in [4.78, 5) is 21.2. The summed E-state index contributed by atoms with van der Waals surface area (Å²) < 4.78 is 7.11. The van der Waals surface area contributed by atoms with Crippen LogP contribution in [-0.4, -0.2) is 45.7 Å². The van der Waals surface area contributed by atoms with E-state index >= 15 is 0 Å². The smallest absolute Gasteiger partial charge is 0.256 e. The molecule has 0 atom stereocenters. The van der Waals surface area contributed by atoms with Crippen LogP contribution < -0.4 is 20.7 Å². The van der Waals surface area contributed by atoms with Gasteiger partial charge in [-0.15, -0.1) is 0 Å². The number of carbonyl (C=O) groups is 1. The van der Waals surface area contributed by atoms with Gasteiger partial charge < -0.3 is 20.7 Å². The Morgan fingerprint density at radius 2 is 2.20 bits per heavy atom. The Hall–Kier alpha value is -3.07. The van der Waals surface area contributed by atoms with Crippen molar-refractivity contribution in [2.75, 3.05) is 30.8 Å². The SMILES string of the molecule is CNc1cc2nc3c(cnn13)C(=O)NCCOc1nc(ccc1Cl)N2. The number of ether oxygens (including phenoxy) is 1. The van der Waals surface area contributed by atoms with Gasteiger partial charge >= 0.3 is 0 Å². The van der Waals surface area contributed by atoms with Crippen LogP contribution in [0.3, 0.4) is 0 Å². The number of rotatable bonds is 1. The second-order valence-corrected chi connectivity index (χ2v) is 5.69. The van der Waals surface area contributed by atoms with Crippen LogP contribution in [0.4, 0.5) is 17.5 Å². The molecule has 4 bridgehead atoms. The number of nitrogens with zero attached hydrogens (tertiary/aromatic N) is 4. The molecule has 0 saturated heterocycles. The van der Waals surface area contributed by atoms with E-state index < -0.39 is 0 Å². The molecule has 10 heteroatoms. The first-order valence-corrected chi connectivity index (χ1v) is 7.94. The monoisotopic (exact) mass is 359 g/mol. The molecule has 128 valence electrons. The first-order chi connectivity index (χ1) is 12.2. The fourth-order valence-corrected chi connectivity index (χ4v) is 2.66. The molecule has 4 rings (SSSR count). The number of fused-ring (bicyclic) bond motifs is 3. The molecule has 3 aromatic heterocycles. The Morgan fingerprint density at radius 1 is 1.32 bits per heavy atom. The lowest BCUT2D eigenvalue weighted by Crippen LogP contribution is -2.28. The summed E-state index contributed by atoms with van der Waals surface area (Å²) in [6.45, 7) is 0.531. The summed E-state index contributed by atoms with van der Waals surface area (Å²) in [6.07, 6.45) is 1.48. The van der Waals surface area contributed by atoms with Crippen molar-refractivity contribution in [1.29, 1.82) is 0 Å². The minimum atomic E-state index is -0.282. The Kier molecular flexibility index (Phi) is 3.77. The minimum absolute atomic E-state index is 0.235. The number of pyridine rings is 1. The molecule has 0 saturated carbocycles. The Morgan fingerprint density at radius 3 is 3.04 bits per heavy atom. The van der Waals surface area contributed by atoms with Crippen LogP contribution in [0, 0.1) is 0 Å². The van der Waals surface area contributed by atoms with Crippen molar-refractivity contribution in [3.63, 3.8) is 0 Å². The van der Waals surface area contributed by atoms with E-state index in [4.69, 9.17) is 16.3 Å². The van der Waals surface area contributed by atoms with Gasteiger partial charge in [0.25, 0.3) is 5.91 Å². The minimum Gasteiger partial charge on any atom is -0.475 e. The van der Waals surface area contributed by atoms with E-state index in [1.54, 1.807) is 29.8 Å². The van der Waals surface area contributed by atoms with Crippen molar-refractivity contribution >= 4 is 40.6 Å². The predicted octanol–water partition coefficient (Wildman–Crippen LogP) is 1.69. The number of halogens is 1. The highest BCUT2D eigenvalue weighted by Gasteiger charge is 2.18. The average molecular weight is 360 g/mol. The number of aromatic nitrogens is 4. The van der Waals surface area contributed by atoms with Crippen molar-refractivity contribution in [3.8, 4) is 5.88 Å². The number of hydrogen-bond donors (Lipinski definition) is 3. The third-order valence-corrected chi connectivity index (χ3v) is 3.96. The van der Waals surface area contributed by atoms with Crippen molar-refractivity contribution in [2.24, 2.45) is 0 Å². The molecule has 0 aliphatic carbocycles. The first-order valence-electron chi connectivity index (χ1n) is 7.57. The van der Waals surface area contributed by atoms with Gasteiger partial charge in [0.2, 0.25) is 5.88 Å². The van der Waals surface area contributed by atoms with E-state index in [2.05, 4.69) is 31.0 Å². The Labute approximate surface area is 147 Å². The third kappa shape index (κ3) is 2.78. The molecule has 1 amide bonds. The van der Waals surface area contributed by atoms with Crippen molar-refractivity contribution in [3.05, 3.63) is 35.0 Å². The van der Waals surface area contributed by atoms with Crippen molar-refractivity contribution in [1.82, 2.24) is 24.9 Å². The van der Waals surface area contributed by atoms with Crippen molar-refractivity contribution < 1.29 is 9.53 Å². The van der Waals surface area contributed by atoms with Crippen LogP contribution in [-0.2, 0) is 0 Å². The molecule has 0 radical (unpaired) electrons. The number of nitrogens with one attached hydrogen (secondary N) is 3. The molecule has 25 heavy (non-hydrogen) atoms. The summed E-state index contributed by atoms with van der Waals surface area (Å²) >= 11 is 6.10. The lowest BCUT2D eigenvalue weighted by Gasteiger charge is -2.11. The maximum Gasteiger partial charge on any atom is 0.256 e. The van der Waals surface area contributed by atoms with Gasteiger partial charge in [0, 0.05) is 13.1 Å². The van der Waals surface area contributed by atoms with Crippen LogP contribution >= 0.6 is 11.6 Å². The molecule has 0 fully saturated rings. The molecular weight excluding hydrogens is 346 g/mol. The maximum atomic E-state index is 12.4. The molecular formula is C15H14ClN7O2. The topological polar surface area (TPSA) is 105 Å². The van der Waals surface area contributed by atoms with Crippen LogP contribution in [0.5, 0.6) is 5.88 Å². The quantitative estimate of drug-likeness (QED) is 0.607. The van der Waals surface area contributed by atoms with E-state index in [0.717, 1.165) is 0 Å². The zero-order valence-corrected chi connectivity index (χ0v) is 14.0. The summed E-state index contributed by atoms with van der Waals surface area (Å²) in [5.74, 6) is 1.71. The molecule has 3 aromatic rings. The van der Waals surface area contributed by atoms with Gasteiger partial charge in [0.1, 0.15) is 34.6 Å². The molecule has 4 heterocycles. The number of hydrogen-bond acceptors (Lipinski definition) is 7. The van der Waals surface area contributed by atoms with Gasteiger partial charge in [-0.25, -0.2) is 4.98 Å².